The van der Waals surface area contributed by atoms with Crippen LogP contribution < -0.4 is 10.6 Å². The lowest BCUT2D eigenvalue weighted by atomic mass is 9.87. The summed E-state index contributed by atoms with van der Waals surface area (Å²) in [5, 5.41) is 5.50. The number of urea groups is 1. The zero-order valence-electron chi connectivity index (χ0n) is 20.7. The highest BCUT2D eigenvalue weighted by molar-refractivity contribution is 6.11. The minimum atomic E-state index is -1.06. The second-order valence-corrected chi connectivity index (χ2v) is 9.43. The Bertz CT molecular complexity index is 1130. The first-order valence-electron chi connectivity index (χ1n) is 12.4. The molecule has 2 N–H and O–H groups in total. The molecule has 1 fully saturated rings. The number of ether oxygens (including phenoxy) is 1. The Kier molecular flexibility index (Phi) is 8.94. The molecule has 0 spiro atoms. The van der Waals surface area contributed by atoms with Crippen molar-refractivity contribution in [1.29, 1.82) is 0 Å². The predicted octanol–water partition coefficient (Wildman–Crippen LogP) is 3.96. The van der Waals surface area contributed by atoms with E-state index < -0.39 is 29.6 Å². The molecule has 2 unspecified atom stereocenters. The summed E-state index contributed by atoms with van der Waals surface area (Å²) >= 11 is 0. The number of aliphatic imine (C=N–C) groups is 1. The van der Waals surface area contributed by atoms with E-state index in [-0.39, 0.29) is 29.6 Å². The number of methoxy groups -OCH3 is 1. The summed E-state index contributed by atoms with van der Waals surface area (Å²) in [6.45, 7) is 3.02. The number of hydrogen-bond acceptors (Lipinski definition) is 4. The zero-order valence-corrected chi connectivity index (χ0v) is 20.7. The van der Waals surface area contributed by atoms with Gasteiger partial charge in [-0.1, -0.05) is 18.2 Å². The van der Waals surface area contributed by atoms with Crippen LogP contribution in [0.25, 0.3) is 0 Å². The first-order valence-corrected chi connectivity index (χ1v) is 12.4. The van der Waals surface area contributed by atoms with Crippen molar-refractivity contribution in [3.05, 3.63) is 71.0 Å². The van der Waals surface area contributed by atoms with Gasteiger partial charge in [0.25, 0.3) is 0 Å². The van der Waals surface area contributed by atoms with Crippen molar-refractivity contribution in [3.8, 4) is 0 Å². The average Bonchev–Trinajstić information content (AvgIpc) is 2.89. The molecule has 3 amide bonds. The molecule has 2 heterocycles. The highest BCUT2D eigenvalue weighted by atomic mass is 19.2. The van der Waals surface area contributed by atoms with Crippen molar-refractivity contribution in [2.45, 2.75) is 31.2 Å². The number of carbonyl (C=O) groups excluding carboxylic acids is 2. The molecule has 2 aliphatic rings. The van der Waals surface area contributed by atoms with E-state index in [4.69, 9.17) is 4.74 Å². The Morgan fingerprint density at radius 3 is 2.46 bits per heavy atom. The van der Waals surface area contributed by atoms with Gasteiger partial charge in [-0.25, -0.2) is 18.0 Å². The van der Waals surface area contributed by atoms with Crippen molar-refractivity contribution in [2.24, 2.45) is 10.9 Å². The fourth-order valence-electron chi connectivity index (χ4n) is 5.04. The maximum Gasteiger partial charge on any atom is 0.341 e. The van der Waals surface area contributed by atoms with Gasteiger partial charge in [0.1, 0.15) is 11.7 Å². The quantitative estimate of drug-likeness (QED) is 0.495. The molecule has 2 aliphatic heterocycles. The summed E-state index contributed by atoms with van der Waals surface area (Å²) in [5.41, 5.74) is 1.65. The van der Waals surface area contributed by atoms with Crippen LogP contribution in [0, 0.1) is 23.4 Å². The normalized spacial score (nSPS) is 20.9. The number of nitrogens with zero attached hydrogens (tertiary/aromatic N) is 2. The summed E-state index contributed by atoms with van der Waals surface area (Å²) in [6, 6.07) is 8.42. The third kappa shape index (κ3) is 6.75. The van der Waals surface area contributed by atoms with Gasteiger partial charge >= 0.3 is 6.03 Å². The lowest BCUT2D eigenvalue weighted by Crippen LogP contribution is -2.49. The molecule has 2 aromatic rings. The van der Waals surface area contributed by atoms with Crippen molar-refractivity contribution in [2.75, 3.05) is 39.9 Å². The monoisotopic (exact) mass is 516 g/mol. The molecule has 1 saturated heterocycles. The molecular formula is C27H31F3N4O3. The minimum absolute atomic E-state index is 0.0469. The summed E-state index contributed by atoms with van der Waals surface area (Å²) in [7, 11) is 1.43. The van der Waals surface area contributed by atoms with Crippen molar-refractivity contribution in [1.82, 2.24) is 15.5 Å². The number of piperidine rings is 1. The Balaban J connectivity index is 1.31. The zero-order chi connectivity index (χ0) is 26.4. The maximum absolute atomic E-state index is 13.9. The van der Waals surface area contributed by atoms with Gasteiger partial charge in [-0.2, -0.15) is 4.99 Å². The molecule has 2 atom stereocenters. The number of carbonyl (C=O) groups is 2. The van der Waals surface area contributed by atoms with E-state index in [0.717, 1.165) is 56.6 Å². The Hall–Kier alpha value is -3.24. The van der Waals surface area contributed by atoms with E-state index in [1.54, 1.807) is 0 Å². The van der Waals surface area contributed by atoms with Crippen molar-refractivity contribution in [3.63, 3.8) is 0 Å². The molecule has 0 bridgehead atoms. The lowest BCUT2D eigenvalue weighted by Gasteiger charge is -2.33. The molecular weight excluding hydrogens is 485 g/mol. The topological polar surface area (TPSA) is 83.0 Å². The van der Waals surface area contributed by atoms with Gasteiger partial charge in [0.15, 0.2) is 11.6 Å². The second-order valence-electron chi connectivity index (χ2n) is 9.43. The molecule has 0 aromatic heterocycles. The van der Waals surface area contributed by atoms with Crippen LogP contribution in [0.3, 0.4) is 0 Å². The van der Waals surface area contributed by atoms with E-state index in [9.17, 15) is 22.8 Å². The largest absolute Gasteiger partial charge is 0.379 e. The van der Waals surface area contributed by atoms with Gasteiger partial charge in [-0.3, -0.25) is 4.79 Å². The highest BCUT2D eigenvalue weighted by Gasteiger charge is 2.39. The van der Waals surface area contributed by atoms with Crippen LogP contribution in [0.15, 0.2) is 47.5 Å². The number of hydrogen-bond donors (Lipinski definition) is 2. The first-order chi connectivity index (χ1) is 17.9. The number of benzene rings is 2. The Morgan fingerprint density at radius 2 is 1.78 bits per heavy atom. The summed E-state index contributed by atoms with van der Waals surface area (Å²) < 4.78 is 45.7. The number of halogens is 3. The van der Waals surface area contributed by atoms with Gasteiger partial charge in [0.2, 0.25) is 5.91 Å². The van der Waals surface area contributed by atoms with Gasteiger partial charge in [0.05, 0.1) is 18.4 Å². The average molecular weight is 517 g/mol. The minimum Gasteiger partial charge on any atom is -0.379 e. The van der Waals surface area contributed by atoms with Crippen LogP contribution in [0.1, 0.15) is 42.3 Å². The third-order valence-corrected chi connectivity index (χ3v) is 6.97. The van der Waals surface area contributed by atoms with Gasteiger partial charge < -0.3 is 20.3 Å². The van der Waals surface area contributed by atoms with E-state index >= 15 is 0 Å². The SMILES string of the molecule is COCC1=NC(=O)NC(c2ccc(F)c(F)c2)C1C(=O)NCCCN1CCC(c2ccc(F)cc2)CC1. The van der Waals surface area contributed by atoms with Crippen LogP contribution in [0.4, 0.5) is 18.0 Å². The third-order valence-electron chi connectivity index (χ3n) is 6.97. The number of rotatable bonds is 9. The van der Waals surface area contributed by atoms with Crippen LogP contribution in [0.5, 0.6) is 0 Å². The summed E-state index contributed by atoms with van der Waals surface area (Å²) in [5.74, 6) is -3.18. The number of nitrogens with one attached hydrogen (secondary N) is 2. The second kappa shape index (κ2) is 12.3. The molecule has 10 heteroatoms. The van der Waals surface area contributed by atoms with Gasteiger partial charge in [-0.15, -0.1) is 0 Å². The summed E-state index contributed by atoms with van der Waals surface area (Å²) in [4.78, 5) is 31.6. The Morgan fingerprint density at radius 1 is 1.08 bits per heavy atom. The molecule has 198 valence electrons. The highest BCUT2D eigenvalue weighted by Crippen LogP contribution is 2.29. The molecule has 4 rings (SSSR count). The van der Waals surface area contributed by atoms with Crippen molar-refractivity contribution < 1.29 is 27.5 Å². The number of likely N-dealkylation sites (tertiary alicyclic amines) is 1. The predicted molar refractivity (Wildman–Crippen MR) is 133 cm³/mol. The molecule has 0 radical (unpaired) electrons. The van der Waals surface area contributed by atoms with Crippen molar-refractivity contribution >= 4 is 17.6 Å². The van der Waals surface area contributed by atoms with Crippen LogP contribution in [-0.2, 0) is 9.53 Å². The molecule has 0 aliphatic carbocycles. The molecule has 37 heavy (non-hydrogen) atoms. The molecule has 2 aromatic carbocycles. The fourth-order valence-corrected chi connectivity index (χ4v) is 5.04. The van der Waals surface area contributed by atoms with E-state index in [1.165, 1.54) is 25.3 Å². The van der Waals surface area contributed by atoms with E-state index in [1.807, 2.05) is 12.1 Å². The molecule has 0 saturated carbocycles. The lowest BCUT2D eigenvalue weighted by molar-refractivity contribution is -0.123. The van der Waals surface area contributed by atoms with Crippen LogP contribution in [-0.4, -0.2) is 62.4 Å². The Labute approximate surface area is 214 Å². The van der Waals surface area contributed by atoms with Gasteiger partial charge in [0, 0.05) is 13.7 Å². The fraction of sp³-hybridized carbons (Fsp3) is 0.444. The van der Waals surface area contributed by atoms with E-state index in [2.05, 4.69) is 20.5 Å². The summed E-state index contributed by atoms with van der Waals surface area (Å²) in [6.07, 6.45) is 2.71. The number of amides is 3. The molecule has 7 nitrogen and oxygen atoms in total. The standard InChI is InChI=1S/C27H31F3N4O3/c1-37-16-23-24(25(33-27(36)32-23)19-5-8-21(29)22(30)15-19)26(35)31-11-2-12-34-13-9-18(10-14-34)17-3-6-20(28)7-4-17/h3-8,15,18,24-25H,2,9-14,16H2,1H3,(H,31,35)(H,33,36). The maximum atomic E-state index is 13.9. The van der Waals surface area contributed by atoms with Crippen LogP contribution >= 0.6 is 0 Å². The smallest absolute Gasteiger partial charge is 0.341 e. The first kappa shape index (κ1) is 26.8. The van der Waals surface area contributed by atoms with Crippen LogP contribution in [0.2, 0.25) is 0 Å². The van der Waals surface area contributed by atoms with Gasteiger partial charge in [-0.05, 0) is 80.2 Å². The van der Waals surface area contributed by atoms with E-state index in [0.29, 0.717) is 12.5 Å².